The Morgan fingerprint density at radius 2 is 2.53 bits per heavy atom. The molecule has 2 rings (SSSR count). The molecule has 6 heteroatoms. The van der Waals surface area contributed by atoms with E-state index in [1.165, 1.54) is 17.9 Å². The van der Waals surface area contributed by atoms with Crippen molar-refractivity contribution in [2.75, 3.05) is 18.0 Å². The zero-order valence-corrected chi connectivity index (χ0v) is 9.28. The largest absolute Gasteiger partial charge is 0.481 e. The molecule has 5 nitrogen and oxygen atoms in total. The first-order valence-electron chi connectivity index (χ1n) is 4.93. The number of aromatic nitrogens is 2. The minimum atomic E-state index is -0.681. The van der Waals surface area contributed by atoms with E-state index in [-0.39, 0.29) is 11.8 Å². The van der Waals surface area contributed by atoms with Crippen molar-refractivity contribution in [3.8, 4) is 0 Å². The standard InChI is InChI=1S/C9H13N3O2S/c1-6-4-12(9-10-5-11-15-9)3-2-7(6)8(13)14/h5-7H,2-4H2,1H3,(H,13,14). The van der Waals surface area contributed by atoms with Crippen molar-refractivity contribution in [3.05, 3.63) is 6.33 Å². The molecule has 0 aromatic carbocycles. The van der Waals surface area contributed by atoms with Crippen molar-refractivity contribution in [2.45, 2.75) is 13.3 Å². The fourth-order valence-corrected chi connectivity index (χ4v) is 2.56. The van der Waals surface area contributed by atoms with Crippen LogP contribution in [0.4, 0.5) is 5.13 Å². The maximum atomic E-state index is 10.9. The fraction of sp³-hybridized carbons (Fsp3) is 0.667. The van der Waals surface area contributed by atoms with E-state index in [1.807, 2.05) is 6.92 Å². The molecule has 1 fully saturated rings. The van der Waals surface area contributed by atoms with Gasteiger partial charge in [-0.3, -0.25) is 4.79 Å². The van der Waals surface area contributed by atoms with E-state index in [4.69, 9.17) is 5.11 Å². The first kappa shape index (κ1) is 10.4. The molecule has 0 radical (unpaired) electrons. The summed E-state index contributed by atoms with van der Waals surface area (Å²) in [6.07, 6.45) is 2.23. The summed E-state index contributed by atoms with van der Waals surface area (Å²) >= 11 is 1.36. The summed E-state index contributed by atoms with van der Waals surface area (Å²) in [6, 6.07) is 0. The molecule has 1 aromatic rings. The van der Waals surface area contributed by atoms with Crippen LogP contribution in [-0.2, 0) is 4.79 Å². The topological polar surface area (TPSA) is 66.3 Å². The van der Waals surface area contributed by atoms with Gasteiger partial charge in [0.15, 0.2) is 0 Å². The van der Waals surface area contributed by atoms with E-state index in [0.717, 1.165) is 18.2 Å². The number of hydrogen-bond acceptors (Lipinski definition) is 5. The van der Waals surface area contributed by atoms with Gasteiger partial charge in [0, 0.05) is 24.6 Å². The van der Waals surface area contributed by atoms with Crippen LogP contribution in [0.15, 0.2) is 6.33 Å². The number of nitrogens with zero attached hydrogens (tertiary/aromatic N) is 3. The van der Waals surface area contributed by atoms with E-state index in [2.05, 4.69) is 14.3 Å². The van der Waals surface area contributed by atoms with Crippen molar-refractivity contribution < 1.29 is 9.90 Å². The van der Waals surface area contributed by atoms with Crippen molar-refractivity contribution in [2.24, 2.45) is 11.8 Å². The number of aliphatic carboxylic acids is 1. The van der Waals surface area contributed by atoms with Crippen LogP contribution in [-0.4, -0.2) is 33.5 Å². The van der Waals surface area contributed by atoms with Gasteiger partial charge in [0.1, 0.15) is 6.33 Å². The van der Waals surface area contributed by atoms with Crippen LogP contribution in [0.25, 0.3) is 0 Å². The van der Waals surface area contributed by atoms with Gasteiger partial charge in [-0.05, 0) is 12.3 Å². The number of carbonyl (C=O) groups is 1. The minimum absolute atomic E-state index is 0.167. The Morgan fingerprint density at radius 3 is 3.07 bits per heavy atom. The molecule has 1 N–H and O–H groups in total. The van der Waals surface area contributed by atoms with Crippen LogP contribution in [0.1, 0.15) is 13.3 Å². The van der Waals surface area contributed by atoms with Crippen molar-refractivity contribution in [1.29, 1.82) is 0 Å². The maximum absolute atomic E-state index is 10.9. The molecule has 0 amide bonds. The molecule has 2 atom stereocenters. The molecule has 0 spiro atoms. The summed E-state index contributed by atoms with van der Waals surface area (Å²) in [5.74, 6) is -0.728. The smallest absolute Gasteiger partial charge is 0.306 e. The number of anilines is 1. The lowest BCUT2D eigenvalue weighted by atomic mass is 9.87. The zero-order valence-electron chi connectivity index (χ0n) is 8.46. The van der Waals surface area contributed by atoms with Crippen LogP contribution in [0, 0.1) is 11.8 Å². The van der Waals surface area contributed by atoms with Gasteiger partial charge < -0.3 is 10.0 Å². The summed E-state index contributed by atoms with van der Waals surface area (Å²) < 4.78 is 3.95. The molecule has 0 aliphatic carbocycles. The average molecular weight is 227 g/mol. The molecular weight excluding hydrogens is 214 g/mol. The SMILES string of the molecule is CC1CN(c2ncns2)CCC1C(=O)O. The highest BCUT2D eigenvalue weighted by atomic mass is 32.1. The van der Waals surface area contributed by atoms with Crippen LogP contribution in [0.2, 0.25) is 0 Å². The van der Waals surface area contributed by atoms with Crippen LogP contribution in [0.3, 0.4) is 0 Å². The molecule has 1 saturated heterocycles. The van der Waals surface area contributed by atoms with E-state index in [0.29, 0.717) is 6.42 Å². The third-order valence-electron chi connectivity index (χ3n) is 2.84. The zero-order chi connectivity index (χ0) is 10.8. The molecule has 82 valence electrons. The van der Waals surface area contributed by atoms with Gasteiger partial charge in [-0.1, -0.05) is 6.92 Å². The molecule has 0 bridgehead atoms. The Morgan fingerprint density at radius 1 is 1.73 bits per heavy atom. The van der Waals surface area contributed by atoms with Crippen LogP contribution >= 0.6 is 11.5 Å². The number of piperidine rings is 1. The van der Waals surface area contributed by atoms with Crippen molar-refractivity contribution in [3.63, 3.8) is 0 Å². The first-order valence-corrected chi connectivity index (χ1v) is 5.70. The Bertz CT molecular complexity index is 341. The van der Waals surface area contributed by atoms with E-state index >= 15 is 0 Å². The van der Waals surface area contributed by atoms with E-state index in [1.54, 1.807) is 0 Å². The highest BCUT2D eigenvalue weighted by Crippen LogP contribution is 2.27. The summed E-state index contributed by atoms with van der Waals surface area (Å²) in [6.45, 7) is 3.49. The molecule has 2 unspecified atom stereocenters. The second-order valence-corrected chi connectivity index (χ2v) is 4.64. The number of rotatable bonds is 2. The third-order valence-corrected chi connectivity index (χ3v) is 3.57. The number of carboxylic acids is 1. The van der Waals surface area contributed by atoms with E-state index < -0.39 is 5.97 Å². The average Bonchev–Trinajstić information content (AvgIpc) is 2.69. The predicted octanol–water partition coefficient (Wildman–Crippen LogP) is 1.09. The molecule has 1 aliphatic heterocycles. The van der Waals surface area contributed by atoms with Gasteiger partial charge in [-0.15, -0.1) is 0 Å². The second-order valence-electron chi connectivity index (χ2n) is 3.88. The predicted molar refractivity (Wildman–Crippen MR) is 57.0 cm³/mol. The summed E-state index contributed by atoms with van der Waals surface area (Å²) in [5.41, 5.74) is 0. The van der Waals surface area contributed by atoms with Crippen molar-refractivity contribution >= 4 is 22.6 Å². The molecule has 1 aliphatic rings. The summed E-state index contributed by atoms with van der Waals surface area (Å²) in [4.78, 5) is 17.2. The van der Waals surface area contributed by atoms with E-state index in [9.17, 15) is 4.79 Å². The van der Waals surface area contributed by atoms with Gasteiger partial charge in [0.05, 0.1) is 5.92 Å². The lowest BCUT2D eigenvalue weighted by Gasteiger charge is -2.34. The molecule has 2 heterocycles. The monoisotopic (exact) mass is 227 g/mol. The second kappa shape index (κ2) is 4.14. The third kappa shape index (κ3) is 2.09. The quantitative estimate of drug-likeness (QED) is 0.819. The van der Waals surface area contributed by atoms with Gasteiger partial charge in [-0.2, -0.15) is 4.37 Å². The number of carboxylic acid groups (broad SMARTS) is 1. The van der Waals surface area contributed by atoms with Crippen molar-refractivity contribution in [1.82, 2.24) is 9.36 Å². The normalized spacial score (nSPS) is 26.6. The Balaban J connectivity index is 2.03. The Hall–Kier alpha value is -1.17. The highest BCUT2D eigenvalue weighted by molar-refractivity contribution is 7.09. The maximum Gasteiger partial charge on any atom is 0.306 e. The Labute approximate surface area is 91.9 Å². The van der Waals surface area contributed by atoms with Gasteiger partial charge in [-0.25, -0.2) is 4.98 Å². The highest BCUT2D eigenvalue weighted by Gasteiger charge is 2.31. The van der Waals surface area contributed by atoms with Gasteiger partial charge >= 0.3 is 5.97 Å². The molecule has 1 aromatic heterocycles. The van der Waals surface area contributed by atoms with Gasteiger partial charge in [0.25, 0.3) is 0 Å². The fourth-order valence-electron chi connectivity index (χ4n) is 1.99. The number of hydrogen-bond donors (Lipinski definition) is 1. The minimum Gasteiger partial charge on any atom is -0.481 e. The summed E-state index contributed by atoms with van der Waals surface area (Å²) in [5, 5.41) is 9.88. The lowest BCUT2D eigenvalue weighted by Crippen LogP contribution is -2.42. The van der Waals surface area contributed by atoms with Crippen LogP contribution < -0.4 is 4.90 Å². The van der Waals surface area contributed by atoms with Gasteiger partial charge in [0.2, 0.25) is 5.13 Å². The van der Waals surface area contributed by atoms with Crippen LogP contribution in [0.5, 0.6) is 0 Å². The molecule has 15 heavy (non-hydrogen) atoms. The lowest BCUT2D eigenvalue weighted by molar-refractivity contribution is -0.144. The Kier molecular flexibility index (Phi) is 2.86. The first-order chi connectivity index (χ1) is 7.18. The molecule has 0 saturated carbocycles. The molecular formula is C9H13N3O2S. The summed E-state index contributed by atoms with van der Waals surface area (Å²) in [7, 11) is 0.